The van der Waals surface area contributed by atoms with Gasteiger partial charge in [0.2, 0.25) is 0 Å². The summed E-state index contributed by atoms with van der Waals surface area (Å²) in [6.45, 7) is 9.55. The van der Waals surface area contributed by atoms with E-state index in [4.69, 9.17) is 9.47 Å². The maximum atomic E-state index is 6.36. The van der Waals surface area contributed by atoms with Crippen molar-refractivity contribution in [1.29, 1.82) is 0 Å². The SMILES string of the molecule is Cl.Cl.Cl.Cl.O.c1cc2c(c3c1CCC3)OC(CNCCCNC1=NCCN1)CC2.c1cc2c(c3c1CCC3)OC(CNCCCNC1=NCCN1)CC2. The van der Waals surface area contributed by atoms with Crippen LogP contribution in [0, 0.1) is 0 Å². The molecule has 0 radical (unpaired) electrons. The Morgan fingerprint density at radius 3 is 1.42 bits per heavy atom. The summed E-state index contributed by atoms with van der Waals surface area (Å²) in [6, 6.07) is 9.21. The van der Waals surface area contributed by atoms with Crippen LogP contribution in [0.4, 0.5) is 0 Å². The summed E-state index contributed by atoms with van der Waals surface area (Å²) in [4.78, 5) is 8.66. The molecular weight excluding hydrogens is 758 g/mol. The van der Waals surface area contributed by atoms with E-state index in [9.17, 15) is 0 Å². The van der Waals surface area contributed by atoms with E-state index in [0.29, 0.717) is 12.2 Å². The molecule has 0 aromatic heterocycles. The number of hydrogen-bond acceptors (Lipinski definition) is 10. The van der Waals surface area contributed by atoms with Crippen LogP contribution in [0.3, 0.4) is 0 Å². The van der Waals surface area contributed by atoms with Gasteiger partial charge in [0.1, 0.15) is 23.7 Å². The molecule has 11 nitrogen and oxygen atoms in total. The van der Waals surface area contributed by atoms with Gasteiger partial charge in [0.05, 0.1) is 13.1 Å². The highest BCUT2D eigenvalue weighted by atomic mass is 35.5. The van der Waals surface area contributed by atoms with Crippen LogP contribution in [-0.2, 0) is 38.5 Å². The monoisotopic (exact) mass is 818 g/mol. The zero-order valence-corrected chi connectivity index (χ0v) is 34.1. The van der Waals surface area contributed by atoms with E-state index in [2.05, 4.69) is 66.2 Å². The number of aryl methyl sites for hydroxylation is 4. The maximum absolute atomic E-state index is 6.36. The highest BCUT2D eigenvalue weighted by Crippen LogP contribution is 2.39. The Kier molecular flexibility index (Phi) is 21.4. The number of hydrogen-bond donors (Lipinski definition) is 6. The third-order valence-electron chi connectivity index (χ3n) is 10.4. The predicted molar refractivity (Wildman–Crippen MR) is 227 cm³/mol. The second-order valence-corrected chi connectivity index (χ2v) is 13.9. The van der Waals surface area contributed by atoms with Crippen LogP contribution in [0.15, 0.2) is 34.3 Å². The van der Waals surface area contributed by atoms with Gasteiger partial charge in [-0.2, -0.15) is 0 Å². The number of rotatable bonds is 12. The van der Waals surface area contributed by atoms with E-state index in [1.807, 2.05) is 0 Å². The molecule has 0 saturated heterocycles. The van der Waals surface area contributed by atoms with E-state index < -0.39 is 0 Å². The summed E-state index contributed by atoms with van der Waals surface area (Å²) in [5.41, 5.74) is 8.84. The fraction of sp³-hybridized carbons (Fsp3) is 0.632. The van der Waals surface area contributed by atoms with Gasteiger partial charge < -0.3 is 46.9 Å². The molecule has 8 rings (SSSR count). The fourth-order valence-electron chi connectivity index (χ4n) is 7.82. The van der Waals surface area contributed by atoms with Crippen molar-refractivity contribution in [2.45, 2.75) is 89.3 Å². The Morgan fingerprint density at radius 1 is 0.566 bits per heavy atom. The van der Waals surface area contributed by atoms with Gasteiger partial charge >= 0.3 is 0 Å². The van der Waals surface area contributed by atoms with E-state index in [0.717, 1.165) is 116 Å². The van der Waals surface area contributed by atoms with Crippen molar-refractivity contribution in [3.8, 4) is 11.5 Å². The van der Waals surface area contributed by atoms with Crippen LogP contribution in [0.1, 0.15) is 71.9 Å². The molecule has 15 heteroatoms. The fourth-order valence-corrected chi connectivity index (χ4v) is 7.82. The van der Waals surface area contributed by atoms with Crippen molar-refractivity contribution in [3.05, 3.63) is 57.6 Å². The summed E-state index contributed by atoms with van der Waals surface area (Å²) in [5.74, 6) is 4.34. The molecule has 2 aliphatic carbocycles. The molecular formula is C38H62Cl4N8O3. The third kappa shape index (κ3) is 12.8. The second-order valence-electron chi connectivity index (χ2n) is 13.9. The minimum Gasteiger partial charge on any atom is -0.489 e. The van der Waals surface area contributed by atoms with E-state index in [1.165, 1.54) is 83.4 Å². The summed E-state index contributed by atoms with van der Waals surface area (Å²) >= 11 is 0. The minimum atomic E-state index is 0. The normalized spacial score (nSPS) is 19.5. The molecule has 8 N–H and O–H groups in total. The van der Waals surface area contributed by atoms with Crippen LogP contribution < -0.4 is 41.4 Å². The van der Waals surface area contributed by atoms with Crippen molar-refractivity contribution in [1.82, 2.24) is 31.9 Å². The number of halogens is 4. The summed E-state index contributed by atoms with van der Waals surface area (Å²) in [6.07, 6.45) is 14.8. The van der Waals surface area contributed by atoms with Gasteiger partial charge in [-0.25, -0.2) is 0 Å². The molecule has 0 saturated carbocycles. The van der Waals surface area contributed by atoms with Crippen molar-refractivity contribution in [3.63, 3.8) is 0 Å². The zero-order valence-electron chi connectivity index (χ0n) is 30.9. The molecule has 0 bridgehead atoms. The van der Waals surface area contributed by atoms with Crippen molar-refractivity contribution in [2.75, 3.05) is 65.4 Å². The molecule has 2 aromatic rings. The van der Waals surface area contributed by atoms with Gasteiger partial charge in [-0.05, 0) is 124 Å². The first-order chi connectivity index (χ1) is 23.8. The average Bonchev–Trinajstić information content (AvgIpc) is 3.96. The van der Waals surface area contributed by atoms with Crippen LogP contribution in [-0.4, -0.2) is 95.1 Å². The highest BCUT2D eigenvalue weighted by Gasteiger charge is 2.27. The third-order valence-corrected chi connectivity index (χ3v) is 10.4. The largest absolute Gasteiger partial charge is 0.489 e. The Balaban J connectivity index is 0.000000335. The number of nitrogens with one attached hydrogen (secondary N) is 6. The first-order valence-electron chi connectivity index (χ1n) is 18.9. The highest BCUT2D eigenvalue weighted by molar-refractivity contribution is 5.86. The summed E-state index contributed by atoms with van der Waals surface area (Å²) in [5, 5.41) is 20.2. The lowest BCUT2D eigenvalue weighted by Crippen LogP contribution is -2.37. The second kappa shape index (κ2) is 24.2. The van der Waals surface area contributed by atoms with Crippen LogP contribution in [0.2, 0.25) is 0 Å². The number of guanidine groups is 2. The van der Waals surface area contributed by atoms with Crippen LogP contribution in [0.25, 0.3) is 0 Å². The predicted octanol–water partition coefficient (Wildman–Crippen LogP) is 3.66. The quantitative estimate of drug-likeness (QED) is 0.178. The molecule has 4 aliphatic heterocycles. The number of ether oxygens (including phenoxy) is 2. The van der Waals surface area contributed by atoms with E-state index in [1.54, 1.807) is 0 Å². The lowest BCUT2D eigenvalue weighted by atomic mass is 9.97. The van der Waals surface area contributed by atoms with Crippen LogP contribution in [0.5, 0.6) is 11.5 Å². The minimum absolute atomic E-state index is 0. The molecule has 6 aliphatic rings. The first kappa shape index (κ1) is 46.8. The molecule has 53 heavy (non-hydrogen) atoms. The number of benzene rings is 2. The maximum Gasteiger partial charge on any atom is 0.191 e. The average molecular weight is 821 g/mol. The number of nitrogens with zero attached hydrogens (tertiary/aromatic N) is 2. The van der Waals surface area contributed by atoms with E-state index >= 15 is 0 Å². The standard InChI is InChI=1S/2C19H28N4O.4ClH.H2O/c2*1-3-14-5-6-15-7-8-16(24-18(15)17(14)4-1)13-20-9-2-10-21-19-22-11-12-23-19;;;;;/h2*5-6,16,20H,1-4,7-13H2,(H2,21,22,23);4*1H;1H2. The van der Waals surface area contributed by atoms with Gasteiger partial charge in [-0.3, -0.25) is 9.98 Å². The Hall–Kier alpha value is -2.38. The molecule has 2 atom stereocenters. The lowest BCUT2D eigenvalue weighted by molar-refractivity contribution is 0.169. The van der Waals surface area contributed by atoms with Crippen LogP contribution >= 0.6 is 49.6 Å². The summed E-state index contributed by atoms with van der Waals surface area (Å²) in [7, 11) is 0. The molecule has 0 amide bonds. The molecule has 0 fully saturated rings. The zero-order chi connectivity index (χ0) is 32.4. The van der Waals surface area contributed by atoms with Crippen molar-refractivity contribution >= 4 is 61.5 Å². The molecule has 2 aromatic carbocycles. The Morgan fingerprint density at radius 2 is 1.00 bits per heavy atom. The van der Waals surface area contributed by atoms with E-state index in [-0.39, 0.29) is 55.1 Å². The van der Waals surface area contributed by atoms with Gasteiger partial charge in [0.25, 0.3) is 0 Å². The van der Waals surface area contributed by atoms with Gasteiger partial charge in [0.15, 0.2) is 11.9 Å². The van der Waals surface area contributed by atoms with Gasteiger partial charge in [-0.15, -0.1) is 49.6 Å². The number of fused-ring (bicyclic) bond motifs is 6. The lowest BCUT2D eigenvalue weighted by Gasteiger charge is -2.28. The molecule has 4 heterocycles. The molecule has 2 unspecified atom stereocenters. The molecule has 0 spiro atoms. The smallest absolute Gasteiger partial charge is 0.191 e. The number of aliphatic imine (C=N–C) groups is 2. The Labute approximate surface area is 340 Å². The topological polar surface area (TPSA) is 147 Å². The molecule has 300 valence electrons. The van der Waals surface area contributed by atoms with Crippen molar-refractivity contribution in [2.24, 2.45) is 9.98 Å². The Bertz CT molecular complexity index is 1360. The van der Waals surface area contributed by atoms with Gasteiger partial charge in [-0.1, -0.05) is 24.3 Å². The van der Waals surface area contributed by atoms with Gasteiger partial charge in [0, 0.05) is 39.3 Å². The van der Waals surface area contributed by atoms with Crippen molar-refractivity contribution < 1.29 is 14.9 Å². The first-order valence-corrected chi connectivity index (χ1v) is 18.9. The summed E-state index contributed by atoms with van der Waals surface area (Å²) < 4.78 is 12.7.